The summed E-state index contributed by atoms with van der Waals surface area (Å²) in [7, 11) is 0. The second-order valence-corrected chi connectivity index (χ2v) is 6.44. The molecule has 1 nitrogen and oxygen atoms in total. The number of thiophene rings is 1. The maximum atomic E-state index is 12.8. The number of hydrogen-bond donors (Lipinski definition) is 1. The Kier molecular flexibility index (Phi) is 4.31. The van der Waals surface area contributed by atoms with E-state index in [1.165, 1.54) is 17.0 Å². The molecular weight excluding hydrogens is 301 g/mol. The highest BCUT2D eigenvalue weighted by molar-refractivity contribution is 9.11. The van der Waals surface area contributed by atoms with Crippen molar-refractivity contribution in [1.29, 1.82) is 0 Å². The van der Waals surface area contributed by atoms with Crippen molar-refractivity contribution in [3.63, 3.8) is 0 Å². The summed E-state index contributed by atoms with van der Waals surface area (Å²) in [4.78, 5) is 1.29. The van der Waals surface area contributed by atoms with Gasteiger partial charge in [0.05, 0.1) is 3.79 Å². The highest BCUT2D eigenvalue weighted by Crippen LogP contribution is 2.27. The molecule has 17 heavy (non-hydrogen) atoms. The lowest BCUT2D eigenvalue weighted by Gasteiger charge is -2.14. The summed E-state index contributed by atoms with van der Waals surface area (Å²) >= 11 is 5.16. The Labute approximate surface area is 113 Å². The molecule has 0 fully saturated rings. The van der Waals surface area contributed by atoms with Crippen LogP contribution in [0.25, 0.3) is 0 Å². The molecule has 1 aromatic heterocycles. The van der Waals surface area contributed by atoms with Gasteiger partial charge in [0, 0.05) is 10.8 Å². The highest BCUT2D eigenvalue weighted by Gasteiger charge is 2.12. The van der Waals surface area contributed by atoms with E-state index in [2.05, 4.69) is 22.0 Å². The van der Waals surface area contributed by atoms with Gasteiger partial charge in [-0.1, -0.05) is 12.1 Å². The number of halogens is 2. The lowest BCUT2D eigenvalue weighted by molar-refractivity contribution is 0.623. The Morgan fingerprint density at radius 1 is 1.18 bits per heavy atom. The Balaban J connectivity index is 2.13. The van der Waals surface area contributed by atoms with Crippen LogP contribution in [0, 0.1) is 5.82 Å². The van der Waals surface area contributed by atoms with Gasteiger partial charge in [-0.3, -0.25) is 0 Å². The molecule has 90 valence electrons. The van der Waals surface area contributed by atoms with Crippen LogP contribution in [0.2, 0.25) is 0 Å². The first-order valence-electron chi connectivity index (χ1n) is 5.39. The third kappa shape index (κ3) is 3.37. The Bertz CT molecular complexity index is 480. The molecule has 0 saturated heterocycles. The van der Waals surface area contributed by atoms with Crippen molar-refractivity contribution in [1.82, 2.24) is 0 Å². The summed E-state index contributed by atoms with van der Waals surface area (Å²) in [6, 6.07) is 10.7. The summed E-state index contributed by atoms with van der Waals surface area (Å²) in [6.07, 6.45) is 0.901. The van der Waals surface area contributed by atoms with Crippen molar-refractivity contribution >= 4 is 27.3 Å². The lowest BCUT2D eigenvalue weighted by Crippen LogP contribution is -2.14. The first-order valence-corrected chi connectivity index (χ1v) is 6.99. The SMILES string of the molecule is NCC(Cc1ccc(Br)s1)c1ccc(F)cc1. The third-order valence-corrected chi connectivity index (χ3v) is 4.35. The van der Waals surface area contributed by atoms with Crippen LogP contribution in [-0.2, 0) is 6.42 Å². The van der Waals surface area contributed by atoms with E-state index < -0.39 is 0 Å². The normalized spacial score (nSPS) is 12.6. The zero-order chi connectivity index (χ0) is 12.3. The molecule has 0 aliphatic carbocycles. The van der Waals surface area contributed by atoms with Crippen molar-refractivity contribution in [2.45, 2.75) is 12.3 Å². The van der Waals surface area contributed by atoms with Crippen LogP contribution in [0.3, 0.4) is 0 Å². The van der Waals surface area contributed by atoms with Crippen LogP contribution in [0.5, 0.6) is 0 Å². The van der Waals surface area contributed by atoms with E-state index in [-0.39, 0.29) is 11.7 Å². The van der Waals surface area contributed by atoms with Gasteiger partial charge in [-0.15, -0.1) is 11.3 Å². The molecule has 1 atom stereocenters. The third-order valence-electron chi connectivity index (χ3n) is 2.70. The van der Waals surface area contributed by atoms with Crippen LogP contribution in [0.4, 0.5) is 4.39 Å². The molecule has 0 saturated carbocycles. The second-order valence-electron chi connectivity index (χ2n) is 3.89. The van der Waals surface area contributed by atoms with Gasteiger partial charge in [-0.05, 0) is 58.7 Å². The molecule has 2 aromatic rings. The van der Waals surface area contributed by atoms with E-state index in [1.807, 2.05) is 18.2 Å². The molecule has 0 spiro atoms. The van der Waals surface area contributed by atoms with E-state index >= 15 is 0 Å². The predicted molar refractivity (Wildman–Crippen MR) is 73.9 cm³/mol. The first kappa shape index (κ1) is 12.7. The van der Waals surface area contributed by atoms with E-state index in [9.17, 15) is 4.39 Å². The molecule has 2 rings (SSSR count). The number of nitrogens with two attached hydrogens (primary N) is 1. The molecule has 0 radical (unpaired) electrons. The van der Waals surface area contributed by atoms with Crippen molar-refractivity contribution in [2.75, 3.05) is 6.54 Å². The quantitative estimate of drug-likeness (QED) is 0.909. The molecule has 0 amide bonds. The van der Waals surface area contributed by atoms with E-state index in [4.69, 9.17) is 5.73 Å². The monoisotopic (exact) mass is 313 g/mol. The van der Waals surface area contributed by atoms with E-state index in [0.29, 0.717) is 6.54 Å². The van der Waals surface area contributed by atoms with E-state index in [1.54, 1.807) is 11.3 Å². The minimum Gasteiger partial charge on any atom is -0.330 e. The summed E-state index contributed by atoms with van der Waals surface area (Å²) in [5, 5.41) is 0. The van der Waals surface area contributed by atoms with Gasteiger partial charge < -0.3 is 5.73 Å². The molecule has 2 N–H and O–H groups in total. The molecule has 0 aliphatic rings. The fourth-order valence-corrected chi connectivity index (χ4v) is 3.34. The lowest BCUT2D eigenvalue weighted by atomic mass is 9.95. The molecule has 4 heteroatoms. The summed E-state index contributed by atoms with van der Waals surface area (Å²) in [5.74, 6) is 0.0459. The van der Waals surface area contributed by atoms with E-state index in [0.717, 1.165) is 15.8 Å². The average Bonchev–Trinajstić information content (AvgIpc) is 2.73. The smallest absolute Gasteiger partial charge is 0.123 e. The van der Waals surface area contributed by atoms with Crippen LogP contribution in [0.1, 0.15) is 16.4 Å². The van der Waals surface area contributed by atoms with Gasteiger partial charge in [0.1, 0.15) is 5.82 Å². The van der Waals surface area contributed by atoms with Crippen LogP contribution >= 0.6 is 27.3 Å². The Morgan fingerprint density at radius 2 is 1.88 bits per heavy atom. The summed E-state index contributed by atoms with van der Waals surface area (Å²) < 4.78 is 14.0. The average molecular weight is 314 g/mol. The van der Waals surface area contributed by atoms with Crippen LogP contribution < -0.4 is 5.73 Å². The first-order chi connectivity index (χ1) is 8.19. The van der Waals surface area contributed by atoms with Crippen molar-refractivity contribution in [2.24, 2.45) is 5.73 Å². The topological polar surface area (TPSA) is 26.0 Å². The number of hydrogen-bond acceptors (Lipinski definition) is 2. The molecule has 1 heterocycles. The van der Waals surface area contributed by atoms with Crippen molar-refractivity contribution < 1.29 is 4.39 Å². The molecule has 1 unspecified atom stereocenters. The Hall–Kier alpha value is -0.710. The fraction of sp³-hybridized carbons (Fsp3) is 0.231. The Morgan fingerprint density at radius 3 is 2.41 bits per heavy atom. The summed E-state index contributed by atoms with van der Waals surface area (Å²) in [6.45, 7) is 0.571. The highest BCUT2D eigenvalue weighted by atomic mass is 79.9. The van der Waals surface area contributed by atoms with Crippen molar-refractivity contribution in [3.05, 3.63) is 56.4 Å². The van der Waals surface area contributed by atoms with Crippen LogP contribution in [-0.4, -0.2) is 6.54 Å². The zero-order valence-electron chi connectivity index (χ0n) is 9.20. The summed E-state index contributed by atoms with van der Waals surface area (Å²) in [5.41, 5.74) is 6.89. The van der Waals surface area contributed by atoms with Gasteiger partial charge in [-0.2, -0.15) is 0 Å². The van der Waals surface area contributed by atoms with Crippen LogP contribution in [0.15, 0.2) is 40.2 Å². The molecule has 0 aliphatic heterocycles. The minimum atomic E-state index is -0.205. The fourth-order valence-electron chi connectivity index (χ4n) is 1.78. The number of benzene rings is 1. The molecule has 0 bridgehead atoms. The molecular formula is C13H13BrFNS. The zero-order valence-corrected chi connectivity index (χ0v) is 11.6. The predicted octanol–water partition coefficient (Wildman–Crippen LogP) is 3.93. The van der Waals surface area contributed by atoms with Gasteiger partial charge in [0.2, 0.25) is 0 Å². The largest absolute Gasteiger partial charge is 0.330 e. The molecule has 1 aromatic carbocycles. The van der Waals surface area contributed by atoms with Crippen molar-refractivity contribution in [3.8, 4) is 0 Å². The minimum absolute atomic E-state index is 0.205. The van der Waals surface area contributed by atoms with Gasteiger partial charge in [0.25, 0.3) is 0 Å². The van der Waals surface area contributed by atoms with Gasteiger partial charge >= 0.3 is 0 Å². The van der Waals surface area contributed by atoms with Gasteiger partial charge in [-0.25, -0.2) is 4.39 Å². The second kappa shape index (κ2) is 5.76. The van der Waals surface area contributed by atoms with Gasteiger partial charge in [0.15, 0.2) is 0 Å². The number of rotatable bonds is 4. The maximum absolute atomic E-state index is 12.8. The maximum Gasteiger partial charge on any atom is 0.123 e. The standard InChI is InChI=1S/C13H13BrFNS/c14-13-6-5-12(17-13)7-10(8-16)9-1-3-11(15)4-2-9/h1-6,10H,7-8,16H2.